The number of fused-ring (bicyclic) bond motifs is 1. The molecule has 0 atom stereocenters. The molecule has 0 amide bonds. The second-order valence-electron chi connectivity index (χ2n) is 6.91. The van der Waals surface area contributed by atoms with Crippen molar-refractivity contribution in [3.63, 3.8) is 0 Å². The topological polar surface area (TPSA) is 63.8 Å². The lowest BCUT2D eigenvalue weighted by molar-refractivity contribution is 0.458. The molecule has 0 aliphatic heterocycles. The molecule has 0 bridgehead atoms. The van der Waals surface area contributed by atoms with Gasteiger partial charge in [-0.05, 0) is 45.6 Å². The van der Waals surface area contributed by atoms with Crippen LogP contribution in [0.15, 0.2) is 22.7 Å². The lowest BCUT2D eigenvalue weighted by atomic mass is 10.0. The molecule has 5 nitrogen and oxygen atoms in total. The Labute approximate surface area is 141 Å². The first-order valence-corrected chi connectivity index (χ1v) is 8.51. The summed E-state index contributed by atoms with van der Waals surface area (Å²) in [6, 6.07) is 6.33. The largest absolute Gasteiger partial charge is 0.361 e. The van der Waals surface area contributed by atoms with Crippen molar-refractivity contribution in [2.24, 2.45) is 0 Å². The average Bonchev–Trinajstić information content (AvgIpc) is 3.19. The van der Waals surface area contributed by atoms with E-state index in [0.717, 1.165) is 34.8 Å². The first-order chi connectivity index (χ1) is 11.5. The monoisotopic (exact) mass is 322 g/mol. The second kappa shape index (κ2) is 5.30. The van der Waals surface area contributed by atoms with E-state index in [1.54, 1.807) is 0 Å². The highest BCUT2D eigenvalue weighted by Gasteiger charge is 2.41. The smallest absolute Gasteiger partial charge is 0.228 e. The van der Waals surface area contributed by atoms with Crippen LogP contribution in [-0.4, -0.2) is 20.7 Å². The average molecular weight is 322 g/mol. The second-order valence-corrected chi connectivity index (χ2v) is 6.91. The minimum absolute atomic E-state index is 0.167. The zero-order valence-electron chi connectivity index (χ0n) is 14.6. The molecule has 1 N–H and O–H groups in total. The zero-order valence-corrected chi connectivity index (χ0v) is 14.6. The van der Waals surface area contributed by atoms with Crippen LogP contribution in [0.3, 0.4) is 0 Å². The molecule has 1 aliphatic carbocycles. The summed E-state index contributed by atoms with van der Waals surface area (Å²) >= 11 is 0. The summed E-state index contributed by atoms with van der Waals surface area (Å²) in [4.78, 5) is 9.17. The predicted molar refractivity (Wildman–Crippen MR) is 95.1 cm³/mol. The predicted octanol–water partition coefficient (Wildman–Crippen LogP) is 4.56. The van der Waals surface area contributed by atoms with Gasteiger partial charge in [0, 0.05) is 11.1 Å². The molecule has 1 aliphatic rings. The van der Waals surface area contributed by atoms with E-state index < -0.39 is 0 Å². The lowest BCUT2D eigenvalue weighted by Crippen LogP contribution is -2.21. The fraction of sp³-hybridized carbons (Fsp3) is 0.421. The van der Waals surface area contributed by atoms with Crippen LogP contribution >= 0.6 is 0 Å². The third-order valence-corrected chi connectivity index (χ3v) is 4.98. The Morgan fingerprint density at radius 1 is 1.17 bits per heavy atom. The minimum atomic E-state index is 0.167. The number of hydrogen-bond donors (Lipinski definition) is 1. The number of hydrogen-bond acceptors (Lipinski definition) is 5. The van der Waals surface area contributed by atoms with Gasteiger partial charge in [0.25, 0.3) is 0 Å². The van der Waals surface area contributed by atoms with Gasteiger partial charge >= 0.3 is 0 Å². The fourth-order valence-corrected chi connectivity index (χ4v) is 3.25. The molecule has 1 fully saturated rings. The lowest BCUT2D eigenvalue weighted by Gasteiger charge is -2.15. The summed E-state index contributed by atoms with van der Waals surface area (Å²) in [5, 5.41) is 7.88. The highest BCUT2D eigenvalue weighted by atomic mass is 16.5. The van der Waals surface area contributed by atoms with E-state index in [0.29, 0.717) is 5.58 Å². The van der Waals surface area contributed by atoms with Crippen molar-refractivity contribution in [1.82, 2.24) is 15.1 Å². The Balaban J connectivity index is 1.86. The maximum absolute atomic E-state index is 5.66. The van der Waals surface area contributed by atoms with Crippen molar-refractivity contribution in [2.75, 3.05) is 5.32 Å². The highest BCUT2D eigenvalue weighted by molar-refractivity contribution is 5.94. The van der Waals surface area contributed by atoms with Gasteiger partial charge in [0.05, 0.1) is 0 Å². The quantitative estimate of drug-likeness (QED) is 0.762. The summed E-state index contributed by atoms with van der Waals surface area (Å²) in [6.45, 7) is 8.29. The van der Waals surface area contributed by atoms with Crippen LogP contribution in [0.2, 0.25) is 0 Å². The van der Waals surface area contributed by atoms with Gasteiger partial charge in [-0.15, -0.1) is 0 Å². The van der Waals surface area contributed by atoms with Gasteiger partial charge in [0.2, 0.25) is 5.58 Å². The van der Waals surface area contributed by atoms with E-state index >= 15 is 0 Å². The van der Waals surface area contributed by atoms with Crippen LogP contribution in [0, 0.1) is 20.8 Å². The van der Waals surface area contributed by atoms with E-state index in [-0.39, 0.29) is 5.54 Å². The van der Waals surface area contributed by atoms with Crippen LogP contribution in [0.5, 0.6) is 0 Å². The van der Waals surface area contributed by atoms with E-state index in [9.17, 15) is 0 Å². The van der Waals surface area contributed by atoms with Crippen molar-refractivity contribution in [3.05, 3.63) is 35.2 Å². The molecule has 5 heteroatoms. The normalized spacial score (nSPS) is 15.7. The first kappa shape index (κ1) is 15.1. The molecular formula is C19H22N4O. The van der Waals surface area contributed by atoms with Crippen LogP contribution in [-0.2, 0) is 0 Å². The molecule has 1 aromatic carbocycles. The Kier molecular flexibility index (Phi) is 3.34. The third-order valence-electron chi connectivity index (χ3n) is 4.98. The summed E-state index contributed by atoms with van der Waals surface area (Å²) in [6.07, 6.45) is 3.42. The number of nitrogens with zero attached hydrogens (tertiary/aromatic N) is 3. The van der Waals surface area contributed by atoms with Crippen molar-refractivity contribution in [1.29, 1.82) is 0 Å². The Hall–Kier alpha value is -2.43. The van der Waals surface area contributed by atoms with E-state index in [1.807, 2.05) is 6.92 Å². The molecular weight excluding hydrogens is 300 g/mol. The first-order valence-electron chi connectivity index (χ1n) is 8.51. The number of nitrogens with one attached hydrogen (secondary N) is 1. The fourth-order valence-electron chi connectivity index (χ4n) is 3.25. The SMILES string of the molecule is CCC1(Nc2nc(C)nc3c(-c4ccc(C)cc4C)noc23)CC1. The maximum Gasteiger partial charge on any atom is 0.228 e. The van der Waals surface area contributed by atoms with E-state index in [1.165, 1.54) is 24.0 Å². The molecule has 0 saturated heterocycles. The number of aryl methyl sites for hydroxylation is 3. The Morgan fingerprint density at radius 3 is 2.62 bits per heavy atom. The molecule has 4 rings (SSSR count). The van der Waals surface area contributed by atoms with E-state index in [4.69, 9.17) is 4.52 Å². The number of aromatic nitrogens is 3. The molecule has 3 aromatic rings. The van der Waals surface area contributed by atoms with Crippen LogP contribution < -0.4 is 5.32 Å². The zero-order chi connectivity index (χ0) is 16.9. The molecule has 2 heterocycles. The van der Waals surface area contributed by atoms with Crippen LogP contribution in [0.25, 0.3) is 22.4 Å². The van der Waals surface area contributed by atoms with Crippen molar-refractivity contribution >= 4 is 16.9 Å². The summed E-state index contributed by atoms with van der Waals surface area (Å²) in [7, 11) is 0. The molecule has 2 aromatic heterocycles. The number of benzene rings is 1. The van der Waals surface area contributed by atoms with Gasteiger partial charge in [-0.2, -0.15) is 0 Å². The molecule has 24 heavy (non-hydrogen) atoms. The van der Waals surface area contributed by atoms with Gasteiger partial charge in [-0.25, -0.2) is 9.97 Å². The van der Waals surface area contributed by atoms with Gasteiger partial charge in [0.15, 0.2) is 5.82 Å². The molecule has 0 spiro atoms. The third kappa shape index (κ3) is 2.44. The molecule has 124 valence electrons. The van der Waals surface area contributed by atoms with E-state index in [2.05, 4.69) is 59.4 Å². The van der Waals surface area contributed by atoms with Gasteiger partial charge in [-0.3, -0.25) is 0 Å². The summed E-state index contributed by atoms with van der Waals surface area (Å²) in [5.41, 5.74) is 5.84. The summed E-state index contributed by atoms with van der Waals surface area (Å²) in [5.74, 6) is 1.49. The standard InChI is InChI=1S/C19H22N4O/c1-5-19(8-9-19)22-18-17-16(20-13(4)21-18)15(23-24-17)14-7-6-11(2)10-12(14)3/h6-7,10H,5,8-9H2,1-4H3,(H,20,21,22). The molecule has 0 unspecified atom stereocenters. The van der Waals surface area contributed by atoms with Gasteiger partial charge < -0.3 is 9.84 Å². The highest BCUT2D eigenvalue weighted by Crippen LogP contribution is 2.43. The maximum atomic E-state index is 5.66. The minimum Gasteiger partial charge on any atom is -0.361 e. The van der Waals surface area contributed by atoms with Crippen molar-refractivity contribution < 1.29 is 4.52 Å². The van der Waals surface area contributed by atoms with Crippen LogP contribution in [0.1, 0.15) is 43.1 Å². The van der Waals surface area contributed by atoms with Gasteiger partial charge in [-0.1, -0.05) is 35.8 Å². The molecule has 0 radical (unpaired) electrons. The van der Waals surface area contributed by atoms with Gasteiger partial charge in [0.1, 0.15) is 17.0 Å². The summed E-state index contributed by atoms with van der Waals surface area (Å²) < 4.78 is 5.66. The van der Waals surface area contributed by atoms with Crippen LogP contribution in [0.4, 0.5) is 5.82 Å². The Morgan fingerprint density at radius 2 is 1.96 bits per heavy atom. The Bertz CT molecular complexity index is 925. The van der Waals surface area contributed by atoms with Crippen molar-refractivity contribution in [2.45, 2.75) is 52.5 Å². The number of rotatable bonds is 4. The molecule has 1 saturated carbocycles. The van der Waals surface area contributed by atoms with Crippen molar-refractivity contribution in [3.8, 4) is 11.3 Å². The number of anilines is 1.